The number of H-pyrrole nitrogens is 1. The number of benzene rings is 4. The van der Waals surface area contributed by atoms with Gasteiger partial charge >= 0.3 is 33.4 Å². The number of aliphatic hydroxyl groups is 1. The number of fused-ring (bicyclic) bond motifs is 2. The van der Waals surface area contributed by atoms with Crippen LogP contribution in [-0.2, 0) is 33.7 Å². The summed E-state index contributed by atoms with van der Waals surface area (Å²) in [7, 11) is 0. The third-order valence-corrected chi connectivity index (χ3v) is 6.67. The summed E-state index contributed by atoms with van der Waals surface area (Å²) >= 11 is 40.7. The first kappa shape index (κ1) is 50.3. The number of nitrogen functional groups attached to an aromatic ring is 2. The molecule has 4 aromatic carbocycles. The van der Waals surface area contributed by atoms with Crippen molar-refractivity contribution in [3.05, 3.63) is 132 Å². The fraction of sp³-hybridized carbons (Fsp3) is 0.0645. The second-order valence-electron chi connectivity index (χ2n) is 9.12. The zero-order valence-electron chi connectivity index (χ0n) is 25.7. The summed E-state index contributed by atoms with van der Waals surface area (Å²) in [6.07, 6.45) is 3.89. The number of nitrogens with two attached hydrogens (primary N) is 2. The molecule has 6 aromatic rings. The van der Waals surface area contributed by atoms with Crippen molar-refractivity contribution in [1.82, 2.24) is 19.9 Å². The molecule has 0 fully saturated rings. The molecule has 0 atom stereocenters. The van der Waals surface area contributed by atoms with Crippen LogP contribution in [0.5, 0.6) is 0 Å². The van der Waals surface area contributed by atoms with E-state index in [0.29, 0.717) is 54.4 Å². The minimum atomic E-state index is -3.22. The predicted octanol–water partition coefficient (Wildman–Crippen LogP) is 10.9. The van der Waals surface area contributed by atoms with Crippen LogP contribution in [0, 0.1) is 0 Å². The van der Waals surface area contributed by atoms with Crippen LogP contribution in [0.1, 0.15) is 23.3 Å². The number of nitrogens with zero attached hydrogens (tertiary/aromatic N) is 3. The molecule has 2 aromatic heterocycles. The third-order valence-electron chi connectivity index (χ3n) is 5.55. The van der Waals surface area contributed by atoms with Gasteiger partial charge in [-0.15, -0.1) is 0 Å². The minimum absolute atomic E-state index is 0. The van der Waals surface area contributed by atoms with Gasteiger partial charge in [-0.1, -0.05) is 59.9 Å². The monoisotopic (exact) mass is 945 g/mol. The molecule has 0 bridgehead atoms. The van der Waals surface area contributed by atoms with Crippen molar-refractivity contribution in [2.45, 2.75) is 14.0 Å². The Balaban J connectivity index is 0.000000636. The van der Waals surface area contributed by atoms with Crippen LogP contribution in [0.15, 0.2) is 90.0 Å². The fourth-order valence-corrected chi connectivity index (χ4v) is 4.20. The summed E-state index contributed by atoms with van der Waals surface area (Å²) in [5.41, 5.74) is 14.2. The van der Waals surface area contributed by atoms with E-state index in [0.717, 1.165) is 16.3 Å². The van der Waals surface area contributed by atoms with Crippen LogP contribution in [0.25, 0.3) is 21.8 Å². The Morgan fingerprint density at radius 1 is 0.755 bits per heavy atom. The number of aliphatic hydroxyl groups excluding tert-OH is 1. The number of hydrogen-bond donors (Lipinski definition) is 4. The summed E-state index contributed by atoms with van der Waals surface area (Å²) in [4.78, 5) is 35.0. The Morgan fingerprint density at radius 3 is 1.75 bits per heavy atom. The Labute approximate surface area is 348 Å². The molecule has 0 saturated carbocycles. The Hall–Kier alpha value is -2.74. The number of carbonyl (C=O) groups excluding carboxylic acids is 1. The van der Waals surface area contributed by atoms with Gasteiger partial charge in [0.1, 0.15) is 0 Å². The van der Waals surface area contributed by atoms with Crippen molar-refractivity contribution in [3.8, 4) is 0 Å². The molecule has 285 valence electrons. The summed E-state index contributed by atoms with van der Waals surface area (Å²) in [6, 6.07) is 20.4. The van der Waals surface area contributed by atoms with Gasteiger partial charge in [-0.05, 0) is 112 Å². The van der Waals surface area contributed by atoms with Crippen molar-refractivity contribution in [2.75, 3.05) is 11.5 Å². The van der Waals surface area contributed by atoms with Gasteiger partial charge in [0, 0.05) is 65.8 Å². The van der Waals surface area contributed by atoms with Gasteiger partial charge in [0.25, 0.3) is 0 Å². The summed E-state index contributed by atoms with van der Waals surface area (Å²) in [6.45, 7) is -0.0387. The molecule has 12 nitrogen and oxygen atoms in total. The van der Waals surface area contributed by atoms with Crippen LogP contribution in [0.2, 0.25) is 25.4 Å². The van der Waals surface area contributed by atoms with Crippen molar-refractivity contribution in [2.24, 2.45) is 0 Å². The van der Waals surface area contributed by atoms with Crippen LogP contribution in [0.3, 0.4) is 0 Å². The van der Waals surface area contributed by atoms with E-state index in [2.05, 4.69) is 53.7 Å². The Morgan fingerprint density at radius 2 is 1.23 bits per heavy atom. The molecule has 0 aliphatic carbocycles. The van der Waals surface area contributed by atoms with Gasteiger partial charge in [0.2, 0.25) is 5.28 Å². The molecule has 0 aliphatic heterocycles. The van der Waals surface area contributed by atoms with Gasteiger partial charge in [-0.25, -0.2) is 19.7 Å². The van der Waals surface area contributed by atoms with E-state index in [1.54, 1.807) is 72.9 Å². The van der Waals surface area contributed by atoms with E-state index in [1.165, 1.54) is 6.20 Å². The molecule has 0 unspecified atom stereocenters. The number of carbonyl (C=O) groups is 1. The van der Waals surface area contributed by atoms with Gasteiger partial charge in [-0.3, -0.25) is 9.36 Å². The predicted molar refractivity (Wildman–Crippen MR) is 213 cm³/mol. The molecule has 22 heteroatoms. The van der Waals surface area contributed by atoms with Crippen molar-refractivity contribution in [1.29, 1.82) is 0 Å². The second-order valence-corrected chi connectivity index (χ2v) is 18.0. The molecular formula is C31H27Cl8MnN6O6P. The standard InChI is InChI=1S/C8H4Cl2N2.C8H5ClN2O.C7H8ClNO.C7H6ClNO.CH4.Cl3OP.Mn.2O/c9-6-2-1-5-4-11-8(10)12-7(5)3-6;9-6-2-1-5-4-10-8(12)11-7(5)3-6;2*8-6-2-1-5(4-10)7(9)3-6;;1-5(2,3)4;;;/h1-4H;1-4H,(H,10,11,12);1-3,10H,4,9H2;1-4H,9H2;1H4;;;;. The topological polar surface area (TPSA) is 212 Å². The van der Waals surface area contributed by atoms with Crippen molar-refractivity contribution in [3.63, 3.8) is 0 Å². The zero-order valence-corrected chi connectivity index (χ0v) is 33.8. The van der Waals surface area contributed by atoms with Gasteiger partial charge in [0.15, 0.2) is 6.29 Å². The first-order valence-corrected chi connectivity index (χ1v) is 20.6. The number of aromatic amines is 1. The Kier molecular flexibility index (Phi) is 24.8. The number of rotatable bonds is 2. The second kappa shape index (κ2) is 26.1. The van der Waals surface area contributed by atoms with Crippen LogP contribution < -0.4 is 17.2 Å². The van der Waals surface area contributed by atoms with Gasteiger partial charge < -0.3 is 21.6 Å². The summed E-state index contributed by atoms with van der Waals surface area (Å²) in [5.74, 6) is 0. The molecule has 0 saturated heterocycles. The number of aromatic nitrogens is 4. The molecule has 0 aliphatic rings. The zero-order chi connectivity index (χ0) is 39.4. The van der Waals surface area contributed by atoms with Gasteiger partial charge in [0.05, 0.1) is 17.6 Å². The first-order chi connectivity index (χ1) is 24.4. The molecule has 2 heterocycles. The SMILES string of the molecule is C.Clc1ccc2cnc(Cl)nc2c1.Nc1cc(Cl)ccc1C=O.Nc1cc(Cl)ccc1CO.O=P(Cl)(Cl)Cl.O=c1ncc2ccc(Cl)cc2[nH]1.[O]=[Mn]=[O]. The number of halogens is 8. The molecule has 53 heavy (non-hydrogen) atoms. The average Bonchev–Trinajstić information content (AvgIpc) is 3.05. The van der Waals surface area contributed by atoms with E-state index in [-0.39, 0.29) is 25.0 Å². The van der Waals surface area contributed by atoms with E-state index < -0.39 is 20.0 Å². The van der Waals surface area contributed by atoms with E-state index >= 15 is 0 Å². The van der Waals surface area contributed by atoms with Crippen LogP contribution in [-0.4, -0.2) is 31.3 Å². The summed E-state index contributed by atoms with van der Waals surface area (Å²) < 4.78 is 26.3. The first-order valence-electron chi connectivity index (χ1n) is 13.4. The van der Waals surface area contributed by atoms with E-state index in [4.69, 9.17) is 82.2 Å². The third kappa shape index (κ3) is 21.7. The van der Waals surface area contributed by atoms with Gasteiger partial charge in [-0.2, -0.15) is 0 Å². The summed E-state index contributed by atoms with van der Waals surface area (Å²) in [5, 5.41) is 9.90. The molecular weight excluding hydrogens is 922 g/mol. The quantitative estimate of drug-likeness (QED) is 0.0421. The Bertz CT molecular complexity index is 2200. The number of hydrogen-bond acceptors (Lipinski definition) is 11. The molecule has 6 N–H and O–H groups in total. The van der Waals surface area contributed by atoms with Crippen LogP contribution in [0.4, 0.5) is 11.4 Å². The maximum atomic E-state index is 10.8. The van der Waals surface area contributed by atoms with Crippen molar-refractivity contribution >= 4 is 136 Å². The number of anilines is 2. The molecule has 0 amide bonds. The normalized spacial score (nSPS) is 9.68. The molecule has 6 rings (SSSR count). The number of aldehydes is 1. The van der Waals surface area contributed by atoms with Crippen molar-refractivity contribution < 1.29 is 37.0 Å². The molecule has 0 radical (unpaired) electrons. The van der Waals surface area contributed by atoms with Crippen LogP contribution >= 0.6 is 96.9 Å². The van der Waals surface area contributed by atoms with E-state index in [1.807, 2.05) is 6.07 Å². The average molecular weight is 949 g/mol. The fourth-order valence-electron chi connectivity index (χ4n) is 3.36. The van der Waals surface area contributed by atoms with E-state index in [9.17, 15) is 14.2 Å². The molecule has 0 spiro atoms. The number of nitrogens with one attached hydrogen (secondary N) is 1. The maximum absolute atomic E-state index is 10.8.